The lowest BCUT2D eigenvalue weighted by molar-refractivity contribution is -0.161. The number of rotatable bonds is 70. The van der Waals surface area contributed by atoms with Gasteiger partial charge >= 0.3 is 39.5 Å². The van der Waals surface area contributed by atoms with Gasteiger partial charge in [0.05, 0.1) is 26.4 Å². The largest absolute Gasteiger partial charge is 0.472 e. The van der Waals surface area contributed by atoms with Gasteiger partial charge in [-0.15, -0.1) is 0 Å². The highest BCUT2D eigenvalue weighted by atomic mass is 31.2. The lowest BCUT2D eigenvalue weighted by atomic mass is 9.99. The van der Waals surface area contributed by atoms with Crippen LogP contribution in [0.25, 0.3) is 0 Å². The van der Waals surface area contributed by atoms with Crippen LogP contribution in [0.2, 0.25) is 0 Å². The van der Waals surface area contributed by atoms with Gasteiger partial charge in [0.2, 0.25) is 0 Å². The number of phosphoric ester groups is 2. The summed E-state index contributed by atoms with van der Waals surface area (Å²) in [5, 5.41) is 10.6. The summed E-state index contributed by atoms with van der Waals surface area (Å²) in [4.78, 5) is 72.7. The molecule has 0 aliphatic rings. The minimum atomic E-state index is -4.96. The number of carbonyl (C=O) groups is 4. The zero-order chi connectivity index (χ0) is 68.2. The first kappa shape index (κ1) is 90.1. The molecule has 0 aromatic heterocycles. The van der Waals surface area contributed by atoms with Gasteiger partial charge in [0.15, 0.2) is 12.2 Å². The molecule has 0 spiro atoms. The summed E-state index contributed by atoms with van der Waals surface area (Å²) in [6, 6.07) is 0. The van der Waals surface area contributed by atoms with E-state index in [2.05, 4.69) is 55.4 Å². The molecule has 3 N–H and O–H groups in total. The maximum Gasteiger partial charge on any atom is 0.472 e. The highest BCUT2D eigenvalue weighted by Crippen LogP contribution is 2.45. The van der Waals surface area contributed by atoms with Crippen molar-refractivity contribution in [2.24, 2.45) is 23.7 Å². The zero-order valence-corrected chi connectivity index (χ0v) is 62.0. The van der Waals surface area contributed by atoms with Crippen molar-refractivity contribution >= 4 is 39.5 Å². The summed E-state index contributed by atoms with van der Waals surface area (Å²) in [5.41, 5.74) is 0. The zero-order valence-electron chi connectivity index (χ0n) is 60.2. The Labute approximate surface area is 562 Å². The molecule has 0 aromatic carbocycles. The first-order valence-electron chi connectivity index (χ1n) is 37.8. The Morgan fingerprint density at radius 3 is 0.772 bits per heavy atom. The van der Waals surface area contributed by atoms with Crippen molar-refractivity contribution in [1.29, 1.82) is 0 Å². The van der Waals surface area contributed by atoms with Crippen molar-refractivity contribution in [2.75, 3.05) is 39.6 Å². The highest BCUT2D eigenvalue weighted by Gasteiger charge is 2.30. The van der Waals surface area contributed by atoms with Crippen LogP contribution in [0.3, 0.4) is 0 Å². The third-order valence-corrected chi connectivity index (χ3v) is 19.4. The maximum atomic E-state index is 13.1. The Morgan fingerprint density at radius 2 is 0.522 bits per heavy atom. The van der Waals surface area contributed by atoms with Crippen LogP contribution in [-0.2, 0) is 65.4 Å². The van der Waals surface area contributed by atoms with E-state index in [9.17, 15) is 43.2 Å². The lowest BCUT2D eigenvalue weighted by Gasteiger charge is -2.21. The van der Waals surface area contributed by atoms with Crippen LogP contribution in [0.15, 0.2) is 0 Å². The van der Waals surface area contributed by atoms with E-state index in [4.69, 9.17) is 37.0 Å². The van der Waals surface area contributed by atoms with Crippen LogP contribution < -0.4 is 0 Å². The number of unbranched alkanes of at least 4 members (excludes halogenated alkanes) is 34. The molecule has 0 aromatic rings. The molecule has 0 amide bonds. The molecule has 7 atom stereocenters. The molecule has 0 aliphatic heterocycles. The molecule has 0 saturated heterocycles. The highest BCUT2D eigenvalue weighted by molar-refractivity contribution is 7.47. The summed E-state index contributed by atoms with van der Waals surface area (Å²) in [6.07, 6.45) is 45.8. The number of hydrogen-bond acceptors (Lipinski definition) is 15. The van der Waals surface area contributed by atoms with Gasteiger partial charge in [-0.05, 0) is 49.4 Å². The molecule has 0 bridgehead atoms. The minimum absolute atomic E-state index is 0.104. The SMILES string of the molecule is CCC(C)CCCCCCCCCCCCCCCCC(=O)O[C@H](COC(=O)CCCCCCCCCCCC(C)C)COP(=O)(O)OC[C@@H](O)COP(=O)(O)OC[C@@H](COC(=O)CCCCCCCCC(C)CC)OC(=O)CCCCCCCCCCCC(C)C. The van der Waals surface area contributed by atoms with Crippen molar-refractivity contribution in [3.8, 4) is 0 Å². The molecule has 0 saturated carbocycles. The van der Waals surface area contributed by atoms with Crippen molar-refractivity contribution in [2.45, 2.75) is 382 Å². The van der Waals surface area contributed by atoms with Gasteiger partial charge < -0.3 is 33.8 Å². The van der Waals surface area contributed by atoms with Crippen molar-refractivity contribution in [3.63, 3.8) is 0 Å². The molecule has 0 aliphatic carbocycles. The van der Waals surface area contributed by atoms with E-state index in [-0.39, 0.29) is 25.7 Å². The van der Waals surface area contributed by atoms with E-state index in [0.29, 0.717) is 25.7 Å². The van der Waals surface area contributed by atoms with Crippen LogP contribution in [0.1, 0.15) is 364 Å². The second-order valence-corrected chi connectivity index (χ2v) is 30.7. The Kier molecular flexibility index (Phi) is 61.3. The fourth-order valence-corrected chi connectivity index (χ4v) is 12.5. The Bertz CT molecular complexity index is 1820. The predicted octanol–water partition coefficient (Wildman–Crippen LogP) is 20.9. The van der Waals surface area contributed by atoms with E-state index >= 15 is 0 Å². The molecule has 546 valence electrons. The number of aliphatic hydroxyl groups excluding tert-OH is 1. The topological polar surface area (TPSA) is 237 Å². The molecule has 17 nitrogen and oxygen atoms in total. The third kappa shape index (κ3) is 64.1. The molecular formula is C73H142O17P2. The first-order valence-corrected chi connectivity index (χ1v) is 40.8. The van der Waals surface area contributed by atoms with Crippen LogP contribution in [-0.4, -0.2) is 96.7 Å². The van der Waals surface area contributed by atoms with E-state index < -0.39 is 97.5 Å². The number of aliphatic hydroxyl groups is 1. The van der Waals surface area contributed by atoms with Gasteiger partial charge in [-0.1, -0.05) is 312 Å². The summed E-state index contributed by atoms with van der Waals surface area (Å²) < 4.78 is 68.4. The smallest absolute Gasteiger partial charge is 0.462 e. The van der Waals surface area contributed by atoms with Crippen molar-refractivity contribution in [1.82, 2.24) is 0 Å². The second kappa shape index (κ2) is 62.6. The van der Waals surface area contributed by atoms with E-state index in [1.165, 1.54) is 161 Å². The van der Waals surface area contributed by atoms with Crippen molar-refractivity contribution < 1.29 is 80.2 Å². The van der Waals surface area contributed by atoms with E-state index in [1.807, 2.05) is 0 Å². The normalized spacial score (nSPS) is 14.8. The predicted molar refractivity (Wildman–Crippen MR) is 372 cm³/mol. The quantitative estimate of drug-likeness (QED) is 0.0222. The number of ether oxygens (including phenoxy) is 4. The molecule has 0 fully saturated rings. The van der Waals surface area contributed by atoms with Crippen LogP contribution >= 0.6 is 15.6 Å². The number of phosphoric acid groups is 2. The second-order valence-electron chi connectivity index (χ2n) is 27.8. The van der Waals surface area contributed by atoms with Gasteiger partial charge in [0.25, 0.3) is 0 Å². The average molecular weight is 1350 g/mol. The van der Waals surface area contributed by atoms with Gasteiger partial charge in [0, 0.05) is 25.7 Å². The van der Waals surface area contributed by atoms with Gasteiger partial charge in [-0.2, -0.15) is 0 Å². The first-order chi connectivity index (χ1) is 44.2. The fourth-order valence-electron chi connectivity index (χ4n) is 11.0. The standard InChI is InChI=1S/C73H142O17P2/c1-9-65(7)51-43-35-27-21-15-13-11-12-14-16-22-29-39-47-55-72(77)89-68(59-83-70(75)53-45-37-28-23-17-19-25-33-41-49-63(3)4)61-87-91(79,80)85-57-67(74)58-86-92(81,82)88-62-69(60-84-71(76)54-46-38-32-31-36-44-52-66(8)10-2)90-73(78)56-48-40-30-24-18-20-26-34-42-50-64(5)6/h63-69,74H,9-62H2,1-8H3,(H,79,80)(H,81,82)/t65?,66?,67-,68-,69-/m1/s1. The number of esters is 4. The fraction of sp³-hybridized carbons (Fsp3) is 0.945. The van der Waals surface area contributed by atoms with E-state index in [0.717, 1.165) is 120 Å². The monoisotopic (exact) mass is 1350 g/mol. The number of hydrogen-bond donors (Lipinski definition) is 3. The molecule has 0 rings (SSSR count). The third-order valence-electron chi connectivity index (χ3n) is 17.5. The molecule has 4 unspecified atom stereocenters. The molecule has 0 radical (unpaired) electrons. The Morgan fingerprint density at radius 1 is 0.304 bits per heavy atom. The summed E-state index contributed by atoms with van der Waals surface area (Å²) in [7, 11) is -9.91. The van der Waals surface area contributed by atoms with Crippen LogP contribution in [0.5, 0.6) is 0 Å². The molecular weight excluding hydrogens is 1210 g/mol. The average Bonchev–Trinajstić information content (AvgIpc) is 3.44. The molecule has 19 heteroatoms. The summed E-state index contributed by atoms with van der Waals surface area (Å²) in [6.45, 7) is 14.1. The summed E-state index contributed by atoms with van der Waals surface area (Å²) >= 11 is 0. The number of carbonyl (C=O) groups excluding carboxylic acids is 4. The van der Waals surface area contributed by atoms with Gasteiger partial charge in [0.1, 0.15) is 19.3 Å². The van der Waals surface area contributed by atoms with Crippen LogP contribution in [0.4, 0.5) is 0 Å². The van der Waals surface area contributed by atoms with Gasteiger partial charge in [-0.3, -0.25) is 37.3 Å². The lowest BCUT2D eigenvalue weighted by Crippen LogP contribution is -2.30. The van der Waals surface area contributed by atoms with E-state index in [1.54, 1.807) is 0 Å². The minimum Gasteiger partial charge on any atom is -0.462 e. The van der Waals surface area contributed by atoms with Crippen molar-refractivity contribution in [3.05, 3.63) is 0 Å². The maximum absolute atomic E-state index is 13.1. The molecule has 92 heavy (non-hydrogen) atoms. The van der Waals surface area contributed by atoms with Gasteiger partial charge in [-0.25, -0.2) is 9.13 Å². The Hall–Kier alpha value is -1.94. The molecule has 0 heterocycles. The van der Waals surface area contributed by atoms with Crippen LogP contribution in [0, 0.1) is 23.7 Å². The summed E-state index contributed by atoms with van der Waals surface area (Å²) in [5.74, 6) is 0.930. The Balaban J connectivity index is 5.25.